The van der Waals surface area contributed by atoms with Crippen LogP contribution in [-0.4, -0.2) is 18.9 Å². The van der Waals surface area contributed by atoms with Gasteiger partial charge in [0.25, 0.3) is 0 Å². The zero-order valence-electron chi connectivity index (χ0n) is 5.68. The molecule has 0 bridgehead atoms. The molecular formula is C7H12NO. The SMILES string of the molecule is C=CCNC([C]=O)CC. The molecule has 0 heterocycles. The largest absolute Gasteiger partial charge is 0.304 e. The summed E-state index contributed by atoms with van der Waals surface area (Å²) in [6.45, 7) is 6.12. The highest BCUT2D eigenvalue weighted by molar-refractivity contribution is 5.58. The van der Waals surface area contributed by atoms with Gasteiger partial charge in [-0.3, -0.25) is 4.79 Å². The molecule has 1 atom stereocenters. The highest BCUT2D eigenvalue weighted by Gasteiger charge is 2.00. The standard InChI is InChI=1S/C7H12NO/c1-3-5-8-7(4-2)6-9/h3,7-8H,1,4-5H2,2H3. The maximum Gasteiger partial charge on any atom is 0.216 e. The zero-order valence-corrected chi connectivity index (χ0v) is 5.68. The summed E-state index contributed by atoms with van der Waals surface area (Å²) in [6, 6.07) is -0.122. The maximum atomic E-state index is 10.0. The van der Waals surface area contributed by atoms with E-state index in [2.05, 4.69) is 11.9 Å². The lowest BCUT2D eigenvalue weighted by Gasteiger charge is -2.04. The molecule has 1 unspecified atom stereocenters. The summed E-state index contributed by atoms with van der Waals surface area (Å²) in [7, 11) is 0. The number of rotatable bonds is 5. The Morgan fingerprint density at radius 1 is 1.89 bits per heavy atom. The summed E-state index contributed by atoms with van der Waals surface area (Å²) in [5, 5.41) is 2.93. The molecule has 1 N–H and O–H groups in total. The van der Waals surface area contributed by atoms with Gasteiger partial charge in [0.1, 0.15) is 0 Å². The van der Waals surface area contributed by atoms with Crippen molar-refractivity contribution in [2.24, 2.45) is 0 Å². The van der Waals surface area contributed by atoms with Crippen molar-refractivity contribution >= 4 is 6.29 Å². The number of carbonyl (C=O) groups excluding carboxylic acids is 1. The average molecular weight is 126 g/mol. The fourth-order valence-corrected chi connectivity index (χ4v) is 0.495. The number of hydrogen-bond acceptors (Lipinski definition) is 2. The van der Waals surface area contributed by atoms with E-state index in [4.69, 9.17) is 0 Å². The molecule has 0 rings (SSSR count). The van der Waals surface area contributed by atoms with Crippen LogP contribution < -0.4 is 5.32 Å². The van der Waals surface area contributed by atoms with Gasteiger partial charge in [-0.15, -0.1) is 6.58 Å². The minimum absolute atomic E-state index is 0.122. The second kappa shape index (κ2) is 5.51. The summed E-state index contributed by atoms with van der Waals surface area (Å²) in [6.07, 6.45) is 4.39. The summed E-state index contributed by atoms with van der Waals surface area (Å²) >= 11 is 0. The molecule has 0 saturated carbocycles. The summed E-state index contributed by atoms with van der Waals surface area (Å²) in [5.41, 5.74) is 0. The van der Waals surface area contributed by atoms with Gasteiger partial charge in [-0.25, -0.2) is 0 Å². The Labute approximate surface area is 56.0 Å². The quantitative estimate of drug-likeness (QED) is 0.548. The van der Waals surface area contributed by atoms with Crippen LogP contribution in [0.25, 0.3) is 0 Å². The minimum atomic E-state index is -0.122. The number of nitrogens with one attached hydrogen (secondary N) is 1. The Morgan fingerprint density at radius 2 is 2.56 bits per heavy atom. The smallest absolute Gasteiger partial charge is 0.216 e. The van der Waals surface area contributed by atoms with Gasteiger partial charge in [0.2, 0.25) is 6.29 Å². The van der Waals surface area contributed by atoms with Crippen molar-refractivity contribution in [3.63, 3.8) is 0 Å². The highest BCUT2D eigenvalue weighted by Crippen LogP contribution is 1.83. The van der Waals surface area contributed by atoms with Gasteiger partial charge in [0.05, 0.1) is 6.04 Å². The molecule has 0 aromatic rings. The lowest BCUT2D eigenvalue weighted by molar-refractivity contribution is 0.517. The zero-order chi connectivity index (χ0) is 7.11. The molecule has 0 amide bonds. The molecule has 0 aromatic carbocycles. The first-order valence-electron chi connectivity index (χ1n) is 3.07. The van der Waals surface area contributed by atoms with Crippen molar-refractivity contribution in [3.05, 3.63) is 12.7 Å². The predicted molar refractivity (Wildman–Crippen MR) is 38.0 cm³/mol. The lowest BCUT2D eigenvalue weighted by Crippen LogP contribution is -2.29. The van der Waals surface area contributed by atoms with Crippen LogP contribution in [0.2, 0.25) is 0 Å². The summed E-state index contributed by atoms with van der Waals surface area (Å²) in [5.74, 6) is 0. The molecule has 0 aliphatic rings. The highest BCUT2D eigenvalue weighted by atomic mass is 16.1. The van der Waals surface area contributed by atoms with Crippen molar-refractivity contribution < 1.29 is 4.79 Å². The van der Waals surface area contributed by atoms with Crippen LogP contribution in [-0.2, 0) is 4.79 Å². The third-order valence-corrected chi connectivity index (χ3v) is 1.06. The summed E-state index contributed by atoms with van der Waals surface area (Å²) in [4.78, 5) is 10.0. The van der Waals surface area contributed by atoms with Gasteiger partial charge in [0.15, 0.2) is 0 Å². The van der Waals surface area contributed by atoms with E-state index in [1.165, 1.54) is 0 Å². The van der Waals surface area contributed by atoms with Gasteiger partial charge in [0, 0.05) is 6.54 Å². The van der Waals surface area contributed by atoms with E-state index in [9.17, 15) is 4.79 Å². The van der Waals surface area contributed by atoms with Crippen LogP contribution >= 0.6 is 0 Å². The van der Waals surface area contributed by atoms with Crippen molar-refractivity contribution in [1.82, 2.24) is 5.32 Å². The topological polar surface area (TPSA) is 29.1 Å². The minimum Gasteiger partial charge on any atom is -0.304 e. The summed E-state index contributed by atoms with van der Waals surface area (Å²) < 4.78 is 0. The fourth-order valence-electron chi connectivity index (χ4n) is 0.495. The molecule has 0 fully saturated rings. The molecule has 51 valence electrons. The van der Waals surface area contributed by atoms with E-state index >= 15 is 0 Å². The second-order valence-electron chi connectivity index (χ2n) is 1.78. The average Bonchev–Trinajstić information content (AvgIpc) is 1.91. The molecule has 2 heteroatoms. The normalized spacial score (nSPS) is 12.6. The Hall–Kier alpha value is -0.630. The van der Waals surface area contributed by atoms with Gasteiger partial charge >= 0.3 is 0 Å². The molecule has 2 nitrogen and oxygen atoms in total. The van der Waals surface area contributed by atoms with Crippen LogP contribution in [0.4, 0.5) is 0 Å². The van der Waals surface area contributed by atoms with Gasteiger partial charge in [-0.05, 0) is 6.42 Å². The van der Waals surface area contributed by atoms with Gasteiger partial charge in [-0.1, -0.05) is 13.0 Å². The first-order valence-corrected chi connectivity index (χ1v) is 3.07. The van der Waals surface area contributed by atoms with E-state index in [1.807, 2.05) is 13.2 Å². The third kappa shape index (κ3) is 3.91. The van der Waals surface area contributed by atoms with Crippen LogP contribution in [0.15, 0.2) is 12.7 Å². The molecule has 0 spiro atoms. The van der Waals surface area contributed by atoms with E-state index in [0.717, 1.165) is 6.42 Å². The fraction of sp³-hybridized carbons (Fsp3) is 0.571. The molecule has 0 aromatic heterocycles. The van der Waals surface area contributed by atoms with Gasteiger partial charge < -0.3 is 5.32 Å². The third-order valence-electron chi connectivity index (χ3n) is 1.06. The first kappa shape index (κ1) is 8.37. The number of hydrogen-bond donors (Lipinski definition) is 1. The van der Waals surface area contributed by atoms with Gasteiger partial charge in [-0.2, -0.15) is 0 Å². The predicted octanol–water partition coefficient (Wildman–Crippen LogP) is 0.650. The van der Waals surface area contributed by atoms with E-state index in [-0.39, 0.29) is 6.04 Å². The second-order valence-corrected chi connectivity index (χ2v) is 1.78. The van der Waals surface area contributed by atoms with Crippen molar-refractivity contribution in [3.8, 4) is 0 Å². The molecular weight excluding hydrogens is 114 g/mol. The van der Waals surface area contributed by atoms with E-state index < -0.39 is 0 Å². The molecule has 0 aliphatic carbocycles. The van der Waals surface area contributed by atoms with Crippen molar-refractivity contribution in [1.29, 1.82) is 0 Å². The molecule has 0 saturated heterocycles. The van der Waals surface area contributed by atoms with Crippen LogP contribution in [0, 0.1) is 0 Å². The lowest BCUT2D eigenvalue weighted by atomic mass is 10.2. The monoisotopic (exact) mass is 126 g/mol. The van der Waals surface area contributed by atoms with Crippen molar-refractivity contribution in [2.45, 2.75) is 19.4 Å². The van der Waals surface area contributed by atoms with Crippen LogP contribution in [0.1, 0.15) is 13.3 Å². The molecule has 0 aliphatic heterocycles. The van der Waals surface area contributed by atoms with E-state index in [1.54, 1.807) is 6.08 Å². The van der Waals surface area contributed by atoms with Crippen LogP contribution in [0.5, 0.6) is 0 Å². The van der Waals surface area contributed by atoms with Crippen LogP contribution in [0.3, 0.4) is 0 Å². The molecule has 9 heavy (non-hydrogen) atoms. The Balaban J connectivity index is 3.30. The first-order chi connectivity index (χ1) is 4.35. The Morgan fingerprint density at radius 3 is 2.89 bits per heavy atom. The molecule has 1 radical (unpaired) electrons. The van der Waals surface area contributed by atoms with Crippen molar-refractivity contribution in [2.75, 3.05) is 6.54 Å². The maximum absolute atomic E-state index is 10.0. The van der Waals surface area contributed by atoms with E-state index in [0.29, 0.717) is 6.54 Å². The Kier molecular flexibility index (Phi) is 5.12. The Bertz CT molecular complexity index is 90.9.